The molecule has 0 saturated carbocycles. The minimum absolute atomic E-state index is 0.0474. The molecule has 0 aliphatic carbocycles. The predicted octanol–water partition coefficient (Wildman–Crippen LogP) is 0.588. The first-order chi connectivity index (χ1) is 7.22. The highest BCUT2D eigenvalue weighted by molar-refractivity contribution is 7.90. The highest BCUT2D eigenvalue weighted by Gasteiger charge is 2.19. The molecular weight excluding hydrogens is 256 g/mol. The predicted molar refractivity (Wildman–Crippen MR) is 58.6 cm³/mol. The van der Waals surface area contributed by atoms with Gasteiger partial charge in [-0.05, 0) is 6.92 Å². The molecule has 0 saturated heterocycles. The molecule has 16 heavy (non-hydrogen) atoms. The van der Waals surface area contributed by atoms with Crippen molar-refractivity contribution in [2.75, 3.05) is 12.0 Å². The fraction of sp³-hybridized carbons (Fsp3) is 0.500. The van der Waals surface area contributed by atoms with Crippen molar-refractivity contribution in [1.29, 1.82) is 0 Å². The van der Waals surface area contributed by atoms with Crippen molar-refractivity contribution in [2.45, 2.75) is 13.5 Å². The molecule has 1 N–H and O–H groups in total. The maximum Gasteiger partial charge on any atom is 0.340 e. The summed E-state index contributed by atoms with van der Waals surface area (Å²) in [5, 5.41) is 12.7. The molecule has 6 nitrogen and oxygen atoms in total. The third kappa shape index (κ3) is 2.96. The zero-order valence-electron chi connectivity index (χ0n) is 8.77. The number of hydrogen-bond donors (Lipinski definition) is 1. The number of hydrogen-bond acceptors (Lipinski definition) is 4. The van der Waals surface area contributed by atoms with Gasteiger partial charge in [0.25, 0.3) is 0 Å². The van der Waals surface area contributed by atoms with Crippen LogP contribution in [0.4, 0.5) is 0 Å². The van der Waals surface area contributed by atoms with Crippen LogP contribution in [0.25, 0.3) is 0 Å². The summed E-state index contributed by atoms with van der Waals surface area (Å²) in [5.74, 6) is -1.31. The molecule has 8 heteroatoms. The standard InChI is InChI=1S/C8H11ClN2O4S/c1-5-6(8(12)13)7(9)11(10-5)3-4-16(2,14)15/h3-4H2,1-2H3,(H,12,13). The van der Waals surface area contributed by atoms with Crippen LogP contribution in [0.1, 0.15) is 16.1 Å². The van der Waals surface area contributed by atoms with E-state index in [9.17, 15) is 13.2 Å². The number of aryl methyl sites for hydroxylation is 2. The van der Waals surface area contributed by atoms with Crippen LogP contribution in [0, 0.1) is 6.92 Å². The van der Waals surface area contributed by atoms with E-state index in [1.165, 1.54) is 11.6 Å². The topological polar surface area (TPSA) is 89.3 Å². The van der Waals surface area contributed by atoms with Crippen molar-refractivity contribution in [3.63, 3.8) is 0 Å². The molecule has 1 heterocycles. The smallest absolute Gasteiger partial charge is 0.340 e. The summed E-state index contributed by atoms with van der Waals surface area (Å²) in [6, 6.07) is 0. The summed E-state index contributed by atoms with van der Waals surface area (Å²) in [7, 11) is -3.13. The lowest BCUT2D eigenvalue weighted by Gasteiger charge is -2.01. The van der Waals surface area contributed by atoms with E-state index in [-0.39, 0.29) is 28.7 Å². The van der Waals surface area contributed by atoms with Crippen molar-refractivity contribution >= 4 is 27.4 Å². The van der Waals surface area contributed by atoms with Gasteiger partial charge in [-0.1, -0.05) is 11.6 Å². The molecule has 1 aromatic heterocycles. The fourth-order valence-electron chi connectivity index (χ4n) is 1.20. The fourth-order valence-corrected chi connectivity index (χ4v) is 2.04. The lowest BCUT2D eigenvalue weighted by Crippen LogP contribution is -2.12. The minimum Gasteiger partial charge on any atom is -0.478 e. The Balaban J connectivity index is 3.00. The van der Waals surface area contributed by atoms with Gasteiger partial charge in [-0.2, -0.15) is 5.10 Å². The first-order valence-corrected chi connectivity index (χ1v) is 6.80. The Bertz CT molecular complexity index is 520. The lowest BCUT2D eigenvalue weighted by atomic mass is 10.3. The lowest BCUT2D eigenvalue weighted by molar-refractivity contribution is 0.0696. The van der Waals surface area contributed by atoms with Crippen LogP contribution < -0.4 is 0 Å². The summed E-state index contributed by atoms with van der Waals surface area (Å²) < 4.78 is 23.1. The second-order valence-electron chi connectivity index (χ2n) is 3.41. The van der Waals surface area contributed by atoms with Crippen LogP contribution in [0.5, 0.6) is 0 Å². The number of halogens is 1. The molecule has 0 amide bonds. The highest BCUT2D eigenvalue weighted by Crippen LogP contribution is 2.19. The SMILES string of the molecule is Cc1nn(CCS(C)(=O)=O)c(Cl)c1C(=O)O. The van der Waals surface area contributed by atoms with E-state index in [0.29, 0.717) is 0 Å². The number of carbonyl (C=O) groups is 1. The molecule has 0 spiro atoms. The van der Waals surface area contributed by atoms with Gasteiger partial charge in [0.1, 0.15) is 20.6 Å². The Hall–Kier alpha value is -1.08. The van der Waals surface area contributed by atoms with Crippen LogP contribution in [-0.4, -0.2) is 41.3 Å². The summed E-state index contributed by atoms with van der Waals surface area (Å²) in [5.41, 5.74) is 0.182. The maximum atomic E-state index is 10.9. The number of aromatic carboxylic acids is 1. The first kappa shape index (κ1) is 13.0. The van der Waals surface area contributed by atoms with Crippen molar-refractivity contribution in [3.05, 3.63) is 16.4 Å². The van der Waals surface area contributed by atoms with E-state index in [2.05, 4.69) is 5.10 Å². The third-order valence-electron chi connectivity index (χ3n) is 1.95. The number of nitrogens with zero attached hydrogens (tertiary/aromatic N) is 2. The van der Waals surface area contributed by atoms with Gasteiger partial charge in [0, 0.05) is 6.26 Å². The second-order valence-corrected chi connectivity index (χ2v) is 6.03. The van der Waals surface area contributed by atoms with Gasteiger partial charge < -0.3 is 5.11 Å². The monoisotopic (exact) mass is 266 g/mol. The molecule has 90 valence electrons. The summed E-state index contributed by atoms with van der Waals surface area (Å²) in [6.07, 6.45) is 1.09. The Kier molecular flexibility index (Phi) is 3.59. The Labute approximate surface area is 97.7 Å². The van der Waals surface area contributed by atoms with Crippen molar-refractivity contribution in [2.24, 2.45) is 0 Å². The van der Waals surface area contributed by atoms with Gasteiger partial charge >= 0.3 is 5.97 Å². The Morgan fingerprint density at radius 1 is 1.56 bits per heavy atom. The van der Waals surface area contributed by atoms with Gasteiger partial charge in [-0.25, -0.2) is 13.2 Å². The molecule has 0 unspecified atom stereocenters. The molecule has 0 aliphatic rings. The molecule has 0 aliphatic heterocycles. The third-order valence-corrected chi connectivity index (χ3v) is 3.26. The first-order valence-electron chi connectivity index (χ1n) is 4.36. The molecule has 0 aromatic carbocycles. The molecule has 0 atom stereocenters. The summed E-state index contributed by atoms with van der Waals surface area (Å²) in [6.45, 7) is 1.55. The molecule has 0 bridgehead atoms. The van der Waals surface area contributed by atoms with Crippen LogP contribution in [0.15, 0.2) is 0 Å². The average molecular weight is 267 g/mol. The van der Waals surface area contributed by atoms with Crippen molar-refractivity contribution in [1.82, 2.24) is 9.78 Å². The van der Waals surface area contributed by atoms with E-state index in [0.717, 1.165) is 6.26 Å². The van der Waals surface area contributed by atoms with E-state index >= 15 is 0 Å². The van der Waals surface area contributed by atoms with Crippen molar-refractivity contribution < 1.29 is 18.3 Å². The van der Waals surface area contributed by atoms with Gasteiger partial charge in [0.05, 0.1) is 18.0 Å². The number of carboxylic acid groups (broad SMARTS) is 1. The number of carboxylic acids is 1. The summed E-state index contributed by atoms with van der Waals surface area (Å²) in [4.78, 5) is 10.8. The molecule has 0 radical (unpaired) electrons. The second kappa shape index (κ2) is 4.42. The van der Waals surface area contributed by atoms with Crippen LogP contribution in [0.2, 0.25) is 5.15 Å². The largest absolute Gasteiger partial charge is 0.478 e. The molecule has 1 rings (SSSR count). The minimum atomic E-state index is -3.13. The Morgan fingerprint density at radius 2 is 2.12 bits per heavy atom. The van der Waals surface area contributed by atoms with Crippen LogP contribution in [-0.2, 0) is 16.4 Å². The summed E-state index contributed by atoms with van der Waals surface area (Å²) >= 11 is 5.78. The van der Waals surface area contributed by atoms with Crippen LogP contribution >= 0.6 is 11.6 Å². The van der Waals surface area contributed by atoms with E-state index in [1.54, 1.807) is 0 Å². The zero-order chi connectivity index (χ0) is 12.5. The number of sulfone groups is 1. The van der Waals surface area contributed by atoms with Gasteiger partial charge in [-0.3, -0.25) is 4.68 Å². The molecular formula is C8H11ClN2O4S. The normalized spacial score (nSPS) is 11.7. The van der Waals surface area contributed by atoms with E-state index in [1.807, 2.05) is 0 Å². The molecule has 1 aromatic rings. The highest BCUT2D eigenvalue weighted by atomic mass is 35.5. The average Bonchev–Trinajstić information content (AvgIpc) is 2.36. The Morgan fingerprint density at radius 3 is 2.50 bits per heavy atom. The maximum absolute atomic E-state index is 10.9. The quantitative estimate of drug-likeness (QED) is 0.861. The van der Waals surface area contributed by atoms with Crippen LogP contribution in [0.3, 0.4) is 0 Å². The number of aromatic nitrogens is 2. The number of rotatable bonds is 4. The van der Waals surface area contributed by atoms with Crippen molar-refractivity contribution in [3.8, 4) is 0 Å². The van der Waals surface area contributed by atoms with Gasteiger partial charge in [0.2, 0.25) is 0 Å². The zero-order valence-corrected chi connectivity index (χ0v) is 10.3. The van der Waals surface area contributed by atoms with E-state index in [4.69, 9.17) is 16.7 Å². The molecule has 0 fully saturated rings. The van der Waals surface area contributed by atoms with E-state index < -0.39 is 15.8 Å². The van der Waals surface area contributed by atoms with Gasteiger partial charge in [-0.15, -0.1) is 0 Å². The van der Waals surface area contributed by atoms with Gasteiger partial charge in [0.15, 0.2) is 0 Å².